The summed E-state index contributed by atoms with van der Waals surface area (Å²) in [6, 6.07) is 20.4. The molecule has 0 saturated carbocycles. The van der Waals surface area contributed by atoms with E-state index in [1.54, 1.807) is 25.1 Å². The molecule has 34 heavy (non-hydrogen) atoms. The van der Waals surface area contributed by atoms with Crippen LogP contribution < -0.4 is 0 Å². The molecule has 0 aliphatic heterocycles. The molecular weight excluding hydrogens is 432 g/mol. The quantitative estimate of drug-likeness (QED) is 0.136. The lowest BCUT2D eigenvalue weighted by atomic mass is 10.00. The van der Waals surface area contributed by atoms with Crippen LogP contribution in [0.1, 0.15) is 42.3 Å². The van der Waals surface area contributed by atoms with Gasteiger partial charge >= 0.3 is 5.97 Å². The molecule has 3 aromatic carbocycles. The lowest BCUT2D eigenvalue weighted by Gasteiger charge is -2.13. The van der Waals surface area contributed by atoms with Crippen molar-refractivity contribution in [1.82, 2.24) is 4.57 Å². The number of aryl methyl sites for hydroxylation is 1. The Bertz CT molecular complexity index is 1390. The highest BCUT2D eigenvalue weighted by Gasteiger charge is 2.20. The van der Waals surface area contributed by atoms with Crippen LogP contribution in [0.3, 0.4) is 0 Å². The second-order valence-corrected chi connectivity index (χ2v) is 7.77. The van der Waals surface area contributed by atoms with E-state index >= 15 is 0 Å². The summed E-state index contributed by atoms with van der Waals surface area (Å²) in [4.78, 5) is 29.2. The SMILES string of the molecule is CCOC(O)/C(=N\OC(C)=O)c1ccc2c(c1)c1cc(C(=O)c3ccccc3)ccc1n2CC. The van der Waals surface area contributed by atoms with E-state index in [9.17, 15) is 14.7 Å². The summed E-state index contributed by atoms with van der Waals surface area (Å²) < 4.78 is 7.46. The number of oxime groups is 1. The number of hydrogen-bond acceptors (Lipinski definition) is 6. The number of ketones is 1. The van der Waals surface area contributed by atoms with Gasteiger partial charge in [0.2, 0.25) is 6.29 Å². The van der Waals surface area contributed by atoms with Gasteiger partial charge in [0.25, 0.3) is 0 Å². The number of aromatic nitrogens is 1. The predicted octanol–water partition coefficient (Wildman–Crippen LogP) is 4.67. The first-order valence-electron chi connectivity index (χ1n) is 11.2. The molecule has 174 valence electrons. The van der Waals surface area contributed by atoms with Crippen molar-refractivity contribution in [3.8, 4) is 0 Å². The molecule has 0 aliphatic carbocycles. The van der Waals surface area contributed by atoms with Gasteiger partial charge in [-0.05, 0) is 44.2 Å². The molecule has 0 fully saturated rings. The van der Waals surface area contributed by atoms with E-state index < -0.39 is 12.3 Å². The Balaban J connectivity index is 1.89. The number of carbonyl (C=O) groups is 2. The van der Waals surface area contributed by atoms with E-state index in [0.717, 1.165) is 28.4 Å². The van der Waals surface area contributed by atoms with E-state index in [0.29, 0.717) is 16.7 Å². The first-order chi connectivity index (χ1) is 16.4. The fourth-order valence-corrected chi connectivity index (χ4v) is 4.09. The van der Waals surface area contributed by atoms with Gasteiger partial charge in [-0.15, -0.1) is 0 Å². The minimum absolute atomic E-state index is 0.0556. The zero-order valence-electron chi connectivity index (χ0n) is 19.3. The molecule has 0 spiro atoms. The first kappa shape index (κ1) is 23.4. The van der Waals surface area contributed by atoms with Gasteiger partial charge in [0.1, 0.15) is 5.71 Å². The molecule has 7 nitrogen and oxygen atoms in total. The van der Waals surface area contributed by atoms with Crippen LogP contribution in [0.5, 0.6) is 0 Å². The summed E-state index contributed by atoms with van der Waals surface area (Å²) in [6.07, 6.45) is -1.36. The molecule has 0 saturated heterocycles. The van der Waals surface area contributed by atoms with Gasteiger partial charge in [-0.3, -0.25) is 4.79 Å². The molecule has 1 heterocycles. The van der Waals surface area contributed by atoms with Gasteiger partial charge in [-0.1, -0.05) is 41.6 Å². The minimum Gasteiger partial charge on any atom is -0.363 e. The molecular formula is C27H26N2O5. The standard InChI is InChI=1S/C27H26N2O5/c1-4-29-23-13-11-19(25(27(32)33-5-2)28-34-17(3)30)15-21(23)22-16-20(12-14-24(22)29)26(31)18-9-7-6-8-10-18/h6-16,27,32H,4-5H2,1-3H3/b28-25-. The van der Waals surface area contributed by atoms with Crippen LogP contribution in [-0.4, -0.2) is 40.0 Å². The lowest BCUT2D eigenvalue weighted by Crippen LogP contribution is -2.25. The van der Waals surface area contributed by atoms with Crippen molar-refractivity contribution < 1.29 is 24.3 Å². The molecule has 0 radical (unpaired) electrons. The average molecular weight is 459 g/mol. The predicted molar refractivity (Wildman–Crippen MR) is 131 cm³/mol. The van der Waals surface area contributed by atoms with E-state index in [4.69, 9.17) is 9.57 Å². The van der Waals surface area contributed by atoms with Crippen molar-refractivity contribution in [2.24, 2.45) is 5.16 Å². The number of aliphatic hydroxyl groups is 1. The Morgan fingerprint density at radius 1 is 0.912 bits per heavy atom. The Morgan fingerprint density at radius 3 is 2.12 bits per heavy atom. The highest BCUT2D eigenvalue weighted by molar-refractivity contribution is 6.16. The van der Waals surface area contributed by atoms with Crippen molar-refractivity contribution in [1.29, 1.82) is 0 Å². The fraction of sp³-hybridized carbons (Fsp3) is 0.222. The zero-order valence-corrected chi connectivity index (χ0v) is 19.3. The molecule has 4 aromatic rings. The van der Waals surface area contributed by atoms with Crippen molar-refractivity contribution >= 4 is 39.3 Å². The Kier molecular flexibility index (Phi) is 6.86. The van der Waals surface area contributed by atoms with Crippen LogP contribution in [0.2, 0.25) is 0 Å². The molecule has 1 atom stereocenters. The summed E-state index contributed by atoms with van der Waals surface area (Å²) in [5, 5.41) is 16.1. The minimum atomic E-state index is -1.36. The van der Waals surface area contributed by atoms with Gasteiger partial charge in [0.05, 0.1) is 0 Å². The Labute approximate surface area is 197 Å². The van der Waals surface area contributed by atoms with Crippen molar-refractivity contribution in [2.45, 2.75) is 33.6 Å². The zero-order chi connectivity index (χ0) is 24.2. The van der Waals surface area contributed by atoms with E-state index in [1.165, 1.54) is 6.92 Å². The molecule has 1 aromatic heterocycles. The summed E-state index contributed by atoms with van der Waals surface area (Å²) in [5.74, 6) is -0.658. The van der Waals surface area contributed by atoms with Gasteiger partial charge in [-0.25, -0.2) is 4.79 Å². The van der Waals surface area contributed by atoms with Gasteiger partial charge in [-0.2, -0.15) is 0 Å². The molecule has 0 aliphatic rings. The van der Waals surface area contributed by atoms with Crippen LogP contribution in [0.4, 0.5) is 0 Å². The van der Waals surface area contributed by atoms with E-state index in [-0.39, 0.29) is 18.1 Å². The third-order valence-corrected chi connectivity index (χ3v) is 5.61. The number of rotatable bonds is 8. The van der Waals surface area contributed by atoms with Crippen LogP contribution in [-0.2, 0) is 20.9 Å². The summed E-state index contributed by atoms with van der Waals surface area (Å²) in [5.41, 5.74) is 3.81. The second-order valence-electron chi connectivity index (χ2n) is 7.77. The average Bonchev–Trinajstić information content (AvgIpc) is 3.16. The largest absolute Gasteiger partial charge is 0.363 e. The number of nitrogens with zero attached hydrogens (tertiary/aromatic N) is 2. The number of hydrogen-bond donors (Lipinski definition) is 1. The van der Waals surface area contributed by atoms with Crippen LogP contribution in [0.25, 0.3) is 21.8 Å². The number of aliphatic hydroxyl groups excluding tert-OH is 1. The van der Waals surface area contributed by atoms with Gasteiger partial charge < -0.3 is 19.2 Å². The number of fused-ring (bicyclic) bond motifs is 3. The topological polar surface area (TPSA) is 90.1 Å². The van der Waals surface area contributed by atoms with Crippen LogP contribution >= 0.6 is 0 Å². The summed E-state index contributed by atoms with van der Waals surface area (Å²) >= 11 is 0. The molecule has 0 amide bonds. The monoisotopic (exact) mass is 458 g/mol. The maximum atomic E-state index is 13.1. The first-order valence-corrected chi connectivity index (χ1v) is 11.2. The smallest absolute Gasteiger partial charge is 0.331 e. The van der Waals surface area contributed by atoms with Crippen LogP contribution in [0, 0.1) is 0 Å². The van der Waals surface area contributed by atoms with Gasteiger partial charge in [0, 0.05) is 58.6 Å². The summed E-state index contributed by atoms with van der Waals surface area (Å²) in [6.45, 7) is 6.03. The highest BCUT2D eigenvalue weighted by Crippen LogP contribution is 2.31. The van der Waals surface area contributed by atoms with Crippen molar-refractivity contribution in [3.63, 3.8) is 0 Å². The lowest BCUT2D eigenvalue weighted by molar-refractivity contribution is -0.141. The normalized spacial score (nSPS) is 12.8. The Hall–Kier alpha value is -3.81. The second kappa shape index (κ2) is 9.99. The van der Waals surface area contributed by atoms with Gasteiger partial charge in [0.15, 0.2) is 5.78 Å². The number of benzene rings is 3. The van der Waals surface area contributed by atoms with E-state index in [1.807, 2.05) is 48.5 Å². The number of ether oxygens (including phenoxy) is 1. The van der Waals surface area contributed by atoms with Crippen molar-refractivity contribution in [2.75, 3.05) is 6.61 Å². The molecule has 7 heteroatoms. The maximum Gasteiger partial charge on any atom is 0.331 e. The molecule has 1 N–H and O–H groups in total. The molecule has 4 rings (SSSR count). The highest BCUT2D eigenvalue weighted by atomic mass is 16.7. The van der Waals surface area contributed by atoms with Crippen molar-refractivity contribution in [3.05, 3.63) is 83.4 Å². The van der Waals surface area contributed by atoms with Crippen LogP contribution in [0.15, 0.2) is 71.9 Å². The van der Waals surface area contributed by atoms with E-state index in [2.05, 4.69) is 16.6 Å². The third kappa shape index (κ3) is 4.48. The summed E-state index contributed by atoms with van der Waals surface area (Å²) in [7, 11) is 0. The number of carbonyl (C=O) groups excluding carboxylic acids is 2. The Morgan fingerprint density at radius 2 is 1.53 bits per heavy atom. The molecule has 0 bridgehead atoms. The molecule has 1 unspecified atom stereocenters. The maximum absolute atomic E-state index is 13.1. The third-order valence-electron chi connectivity index (χ3n) is 5.61. The fourth-order valence-electron chi connectivity index (χ4n) is 4.09.